The number of nitrogens with zero attached hydrogens (tertiary/aromatic N) is 2. The third kappa shape index (κ3) is 4.65. The molecule has 4 nitrogen and oxygen atoms in total. The first-order valence-corrected chi connectivity index (χ1v) is 8.40. The highest BCUT2D eigenvalue weighted by Crippen LogP contribution is 2.33. The number of aromatic nitrogens is 2. The molecule has 1 aromatic carbocycles. The van der Waals surface area contributed by atoms with Crippen molar-refractivity contribution in [3.63, 3.8) is 0 Å². The van der Waals surface area contributed by atoms with Gasteiger partial charge in [0.15, 0.2) is 5.82 Å². The molecular formula is C17H22Cl3N3O. The number of hydrogen-bond acceptors (Lipinski definition) is 4. The Bertz CT molecular complexity index is 691. The predicted octanol–water partition coefficient (Wildman–Crippen LogP) is 5.79. The molecule has 0 amide bonds. The van der Waals surface area contributed by atoms with Crippen LogP contribution in [0, 0.1) is 6.92 Å². The number of halogens is 3. The van der Waals surface area contributed by atoms with Gasteiger partial charge in [-0.3, -0.25) is 0 Å². The Kier molecular flexibility index (Phi) is 8.07. The SMILES string of the molecule is CCC(CC)Nc1nc(C)c(-c2ccc(Cl)cc2Cl)nc1OC.Cl. The number of hydrogen-bond donors (Lipinski definition) is 1. The lowest BCUT2D eigenvalue weighted by Crippen LogP contribution is -2.19. The molecule has 0 spiro atoms. The summed E-state index contributed by atoms with van der Waals surface area (Å²) in [6.45, 7) is 6.18. The summed E-state index contributed by atoms with van der Waals surface area (Å²) in [5.74, 6) is 1.12. The predicted molar refractivity (Wildman–Crippen MR) is 104 cm³/mol. The average Bonchev–Trinajstić information content (AvgIpc) is 2.53. The fourth-order valence-electron chi connectivity index (χ4n) is 2.36. The van der Waals surface area contributed by atoms with Gasteiger partial charge in [-0.05, 0) is 38.0 Å². The molecule has 0 aliphatic carbocycles. The van der Waals surface area contributed by atoms with Crippen molar-refractivity contribution < 1.29 is 4.74 Å². The van der Waals surface area contributed by atoms with Crippen molar-refractivity contribution in [3.8, 4) is 17.1 Å². The van der Waals surface area contributed by atoms with Crippen LogP contribution in [-0.2, 0) is 0 Å². The second-order valence-corrected chi connectivity index (χ2v) is 6.14. The first-order valence-electron chi connectivity index (χ1n) is 7.64. The van der Waals surface area contributed by atoms with Gasteiger partial charge in [-0.1, -0.05) is 37.0 Å². The third-order valence-corrected chi connectivity index (χ3v) is 4.29. The highest BCUT2D eigenvalue weighted by atomic mass is 35.5. The number of rotatable bonds is 6. The Balaban J connectivity index is 0.00000288. The largest absolute Gasteiger partial charge is 0.478 e. The standard InChI is InChI=1S/C17H21Cl2N3O.ClH/c1-5-12(6-2)21-16-17(23-4)22-15(10(3)20-16)13-8-7-11(18)9-14(13)19;/h7-9,12H,5-6H2,1-4H3,(H,20,21);1H. The molecule has 0 atom stereocenters. The van der Waals surface area contributed by atoms with Crippen LogP contribution in [0.5, 0.6) is 5.88 Å². The molecule has 0 aliphatic rings. The van der Waals surface area contributed by atoms with E-state index in [1.165, 1.54) is 0 Å². The van der Waals surface area contributed by atoms with Gasteiger partial charge in [0.05, 0.1) is 23.5 Å². The highest BCUT2D eigenvalue weighted by Gasteiger charge is 2.17. The Morgan fingerprint density at radius 3 is 2.38 bits per heavy atom. The molecule has 0 unspecified atom stereocenters. The van der Waals surface area contributed by atoms with Gasteiger partial charge in [-0.15, -0.1) is 12.4 Å². The van der Waals surface area contributed by atoms with E-state index in [1.807, 2.05) is 13.0 Å². The first kappa shape index (κ1) is 20.8. The second kappa shape index (κ2) is 9.30. The fraction of sp³-hybridized carbons (Fsp3) is 0.412. The molecule has 0 aliphatic heterocycles. The van der Waals surface area contributed by atoms with Crippen molar-refractivity contribution in [3.05, 3.63) is 33.9 Å². The van der Waals surface area contributed by atoms with E-state index in [4.69, 9.17) is 27.9 Å². The van der Waals surface area contributed by atoms with E-state index in [2.05, 4.69) is 29.1 Å². The number of nitrogens with one attached hydrogen (secondary N) is 1. The monoisotopic (exact) mass is 389 g/mol. The first-order chi connectivity index (χ1) is 11.0. The maximum absolute atomic E-state index is 6.29. The van der Waals surface area contributed by atoms with Crippen LogP contribution in [0.3, 0.4) is 0 Å². The van der Waals surface area contributed by atoms with Crippen molar-refractivity contribution in [2.24, 2.45) is 0 Å². The molecule has 24 heavy (non-hydrogen) atoms. The number of aryl methyl sites for hydroxylation is 1. The Labute approximate surface area is 159 Å². The van der Waals surface area contributed by atoms with Crippen molar-refractivity contribution in [1.82, 2.24) is 9.97 Å². The lowest BCUT2D eigenvalue weighted by atomic mass is 10.1. The molecule has 0 fully saturated rings. The Hall–Kier alpha value is -1.23. The lowest BCUT2D eigenvalue weighted by molar-refractivity contribution is 0.397. The van der Waals surface area contributed by atoms with Crippen molar-refractivity contribution in [2.45, 2.75) is 39.7 Å². The second-order valence-electron chi connectivity index (χ2n) is 5.30. The van der Waals surface area contributed by atoms with Gasteiger partial charge in [0.1, 0.15) is 0 Å². The Morgan fingerprint density at radius 1 is 1.17 bits per heavy atom. The summed E-state index contributed by atoms with van der Waals surface area (Å²) in [5, 5.41) is 4.51. The van der Waals surface area contributed by atoms with Crippen LogP contribution in [0.1, 0.15) is 32.4 Å². The van der Waals surface area contributed by atoms with Crippen molar-refractivity contribution in [2.75, 3.05) is 12.4 Å². The lowest BCUT2D eigenvalue weighted by Gasteiger charge is -2.18. The molecule has 2 aromatic rings. The van der Waals surface area contributed by atoms with E-state index in [-0.39, 0.29) is 12.4 Å². The summed E-state index contributed by atoms with van der Waals surface area (Å²) < 4.78 is 5.41. The average molecular weight is 391 g/mol. The van der Waals surface area contributed by atoms with E-state index in [9.17, 15) is 0 Å². The van der Waals surface area contributed by atoms with Crippen LogP contribution in [0.2, 0.25) is 10.0 Å². The molecule has 1 aromatic heterocycles. The summed E-state index contributed by atoms with van der Waals surface area (Å²) in [6, 6.07) is 5.66. The van der Waals surface area contributed by atoms with Crippen molar-refractivity contribution in [1.29, 1.82) is 0 Å². The van der Waals surface area contributed by atoms with Crippen LogP contribution in [0.4, 0.5) is 5.82 Å². The van der Waals surface area contributed by atoms with Gasteiger partial charge in [0.2, 0.25) is 0 Å². The van der Waals surface area contributed by atoms with E-state index in [1.54, 1.807) is 19.2 Å². The van der Waals surface area contributed by atoms with E-state index in [0.717, 1.165) is 24.1 Å². The van der Waals surface area contributed by atoms with Gasteiger partial charge in [-0.2, -0.15) is 0 Å². The molecule has 0 radical (unpaired) electrons. The van der Waals surface area contributed by atoms with Gasteiger partial charge in [-0.25, -0.2) is 9.97 Å². The number of anilines is 1. The molecule has 0 bridgehead atoms. The quantitative estimate of drug-likeness (QED) is 0.678. The summed E-state index contributed by atoms with van der Waals surface area (Å²) in [7, 11) is 1.59. The van der Waals surface area contributed by atoms with Gasteiger partial charge >= 0.3 is 0 Å². The fourth-order valence-corrected chi connectivity index (χ4v) is 2.86. The zero-order chi connectivity index (χ0) is 17.0. The van der Waals surface area contributed by atoms with Crippen LogP contribution in [0.25, 0.3) is 11.3 Å². The van der Waals surface area contributed by atoms with Crippen molar-refractivity contribution >= 4 is 41.4 Å². The molecule has 1 N–H and O–H groups in total. The number of ether oxygens (including phenoxy) is 1. The Morgan fingerprint density at radius 2 is 1.83 bits per heavy atom. The number of methoxy groups -OCH3 is 1. The molecule has 2 rings (SSSR count). The van der Waals surface area contributed by atoms with Crippen LogP contribution in [0.15, 0.2) is 18.2 Å². The number of benzene rings is 1. The molecule has 0 saturated carbocycles. The van der Waals surface area contributed by atoms with Gasteiger partial charge < -0.3 is 10.1 Å². The zero-order valence-electron chi connectivity index (χ0n) is 14.2. The van der Waals surface area contributed by atoms with E-state index >= 15 is 0 Å². The summed E-state index contributed by atoms with van der Waals surface area (Å²) in [6.07, 6.45) is 2.01. The summed E-state index contributed by atoms with van der Waals surface area (Å²) in [5.41, 5.74) is 2.26. The minimum absolute atomic E-state index is 0. The normalized spacial score (nSPS) is 10.5. The van der Waals surface area contributed by atoms with E-state index in [0.29, 0.717) is 33.5 Å². The summed E-state index contributed by atoms with van der Waals surface area (Å²) in [4.78, 5) is 9.23. The molecule has 1 heterocycles. The van der Waals surface area contributed by atoms with Crippen LogP contribution in [-0.4, -0.2) is 23.1 Å². The van der Waals surface area contributed by atoms with Crippen LogP contribution < -0.4 is 10.1 Å². The molecule has 7 heteroatoms. The minimum Gasteiger partial charge on any atom is -0.478 e. The molecule has 132 valence electrons. The van der Waals surface area contributed by atoms with Crippen LogP contribution >= 0.6 is 35.6 Å². The maximum atomic E-state index is 6.29. The summed E-state index contributed by atoms with van der Waals surface area (Å²) >= 11 is 12.3. The molecule has 0 saturated heterocycles. The third-order valence-electron chi connectivity index (χ3n) is 3.74. The maximum Gasteiger partial charge on any atom is 0.257 e. The minimum atomic E-state index is 0. The molecular weight excluding hydrogens is 369 g/mol. The van der Waals surface area contributed by atoms with Gasteiger partial charge in [0.25, 0.3) is 5.88 Å². The van der Waals surface area contributed by atoms with E-state index < -0.39 is 0 Å². The topological polar surface area (TPSA) is 47.0 Å². The zero-order valence-corrected chi connectivity index (χ0v) is 16.5. The highest BCUT2D eigenvalue weighted by molar-refractivity contribution is 6.36. The smallest absolute Gasteiger partial charge is 0.257 e. The van der Waals surface area contributed by atoms with Gasteiger partial charge in [0, 0.05) is 16.6 Å².